The Labute approximate surface area is 139 Å². The molecule has 0 aliphatic carbocycles. The second-order valence-electron chi connectivity index (χ2n) is 4.94. The van der Waals surface area contributed by atoms with Crippen LogP contribution in [0.3, 0.4) is 0 Å². The summed E-state index contributed by atoms with van der Waals surface area (Å²) >= 11 is 12.0. The van der Waals surface area contributed by atoms with Gasteiger partial charge in [-0.05, 0) is 18.6 Å². The Morgan fingerprint density at radius 1 is 1.27 bits per heavy atom. The lowest BCUT2D eigenvalue weighted by atomic mass is 10.1. The molecule has 1 amide bonds. The van der Waals surface area contributed by atoms with Crippen LogP contribution in [0.4, 0.5) is 0 Å². The average molecular weight is 333 g/mol. The third kappa shape index (κ3) is 4.00. The zero-order chi connectivity index (χ0) is 16.1. The summed E-state index contributed by atoms with van der Waals surface area (Å²) in [6.07, 6.45) is 0.206. The molecule has 2 aromatic carbocycles. The Morgan fingerprint density at radius 3 is 2.68 bits per heavy atom. The zero-order valence-electron chi connectivity index (χ0n) is 11.9. The topological polar surface area (TPSA) is 52.9 Å². The number of carbonyl (C=O) groups is 1. The van der Waals surface area contributed by atoms with Crippen molar-refractivity contribution in [2.45, 2.75) is 19.4 Å². The van der Waals surface area contributed by atoms with Crippen molar-refractivity contribution >= 4 is 29.1 Å². The second-order valence-corrected chi connectivity index (χ2v) is 5.72. The van der Waals surface area contributed by atoms with Gasteiger partial charge in [0.1, 0.15) is 6.04 Å². The van der Waals surface area contributed by atoms with Crippen molar-refractivity contribution in [1.29, 1.82) is 5.26 Å². The highest BCUT2D eigenvalue weighted by Gasteiger charge is 2.18. The van der Waals surface area contributed by atoms with Crippen LogP contribution in [0.2, 0.25) is 10.0 Å². The summed E-state index contributed by atoms with van der Waals surface area (Å²) in [5.74, 6) is -0.242. The summed E-state index contributed by atoms with van der Waals surface area (Å²) < 4.78 is 0. The Morgan fingerprint density at radius 2 is 2.00 bits per heavy atom. The quantitative estimate of drug-likeness (QED) is 0.910. The summed E-state index contributed by atoms with van der Waals surface area (Å²) in [6, 6.07) is 13.9. The highest BCUT2D eigenvalue weighted by Crippen LogP contribution is 2.29. The Hall–Kier alpha value is -2.02. The number of hydrogen-bond acceptors (Lipinski definition) is 2. The molecule has 3 nitrogen and oxygen atoms in total. The summed E-state index contributed by atoms with van der Waals surface area (Å²) in [6.45, 7) is 1.96. The van der Waals surface area contributed by atoms with Gasteiger partial charge in [-0.15, -0.1) is 0 Å². The number of nitrogens with one attached hydrogen (secondary N) is 1. The monoisotopic (exact) mass is 332 g/mol. The smallest absolute Gasteiger partial charge is 0.225 e. The minimum atomic E-state index is -0.830. The molecule has 2 rings (SSSR count). The van der Waals surface area contributed by atoms with E-state index in [4.69, 9.17) is 23.2 Å². The lowest BCUT2D eigenvalue weighted by Crippen LogP contribution is -2.29. The normalized spacial score (nSPS) is 11.5. The first-order valence-electron chi connectivity index (χ1n) is 6.69. The van der Waals surface area contributed by atoms with Crippen LogP contribution in [0.25, 0.3) is 0 Å². The molecule has 0 aromatic heterocycles. The van der Waals surface area contributed by atoms with Gasteiger partial charge >= 0.3 is 0 Å². The molecule has 0 saturated carbocycles. The van der Waals surface area contributed by atoms with E-state index in [-0.39, 0.29) is 17.4 Å². The zero-order valence-corrected chi connectivity index (χ0v) is 13.4. The highest BCUT2D eigenvalue weighted by atomic mass is 35.5. The SMILES string of the molecule is Cc1cccc(CC(=O)NC(C#N)c2cccc(Cl)c2Cl)c1. The molecule has 0 aliphatic heterocycles. The van der Waals surface area contributed by atoms with Gasteiger partial charge in [-0.2, -0.15) is 5.26 Å². The maximum Gasteiger partial charge on any atom is 0.225 e. The second kappa shape index (κ2) is 7.31. The number of amides is 1. The van der Waals surface area contributed by atoms with Crippen LogP contribution in [-0.2, 0) is 11.2 Å². The molecule has 0 radical (unpaired) electrons. The fraction of sp³-hybridized carbons (Fsp3) is 0.176. The number of hydrogen-bond donors (Lipinski definition) is 1. The molecule has 5 heteroatoms. The van der Waals surface area contributed by atoms with E-state index in [0.717, 1.165) is 11.1 Å². The lowest BCUT2D eigenvalue weighted by Gasteiger charge is -2.14. The van der Waals surface area contributed by atoms with Crippen LogP contribution >= 0.6 is 23.2 Å². The summed E-state index contributed by atoms with van der Waals surface area (Å²) in [7, 11) is 0. The Kier molecular flexibility index (Phi) is 5.43. The van der Waals surface area contributed by atoms with Gasteiger partial charge in [0.05, 0.1) is 22.5 Å². The molecule has 0 saturated heterocycles. The summed E-state index contributed by atoms with van der Waals surface area (Å²) in [5, 5.41) is 12.6. The minimum absolute atomic E-state index is 0.206. The van der Waals surface area contributed by atoms with Gasteiger partial charge in [-0.25, -0.2) is 0 Å². The van der Waals surface area contributed by atoms with E-state index in [1.807, 2.05) is 37.3 Å². The molecule has 0 spiro atoms. The molecule has 22 heavy (non-hydrogen) atoms. The Balaban J connectivity index is 2.12. The molecule has 0 heterocycles. The molecule has 1 unspecified atom stereocenters. The molecule has 1 atom stereocenters. The Bertz CT molecular complexity index is 738. The van der Waals surface area contributed by atoms with E-state index in [2.05, 4.69) is 5.32 Å². The van der Waals surface area contributed by atoms with Crippen molar-refractivity contribution in [3.63, 3.8) is 0 Å². The fourth-order valence-corrected chi connectivity index (χ4v) is 2.56. The maximum absolute atomic E-state index is 12.1. The first-order chi connectivity index (χ1) is 10.5. The van der Waals surface area contributed by atoms with E-state index in [1.165, 1.54) is 0 Å². The molecule has 1 N–H and O–H groups in total. The van der Waals surface area contributed by atoms with E-state index >= 15 is 0 Å². The third-order valence-corrected chi connectivity index (χ3v) is 4.01. The lowest BCUT2D eigenvalue weighted by molar-refractivity contribution is -0.120. The van der Waals surface area contributed by atoms with Gasteiger partial charge in [0, 0.05) is 5.56 Å². The van der Waals surface area contributed by atoms with Crippen LogP contribution in [0.1, 0.15) is 22.7 Å². The van der Waals surface area contributed by atoms with Crippen molar-refractivity contribution in [3.8, 4) is 6.07 Å². The van der Waals surface area contributed by atoms with Crippen molar-refractivity contribution in [2.75, 3.05) is 0 Å². The van der Waals surface area contributed by atoms with Crippen LogP contribution in [0.15, 0.2) is 42.5 Å². The number of halogens is 2. The minimum Gasteiger partial charge on any atom is -0.336 e. The molecular weight excluding hydrogens is 319 g/mol. The summed E-state index contributed by atoms with van der Waals surface area (Å²) in [4.78, 5) is 12.1. The van der Waals surface area contributed by atoms with Crippen LogP contribution < -0.4 is 5.32 Å². The molecule has 0 fully saturated rings. The van der Waals surface area contributed by atoms with Crippen molar-refractivity contribution in [3.05, 3.63) is 69.2 Å². The van der Waals surface area contributed by atoms with E-state index in [0.29, 0.717) is 10.6 Å². The van der Waals surface area contributed by atoms with E-state index < -0.39 is 6.04 Å². The van der Waals surface area contributed by atoms with Crippen LogP contribution in [0, 0.1) is 18.3 Å². The average Bonchev–Trinajstić information content (AvgIpc) is 2.48. The van der Waals surface area contributed by atoms with Crippen LogP contribution in [-0.4, -0.2) is 5.91 Å². The first kappa shape index (κ1) is 16.4. The van der Waals surface area contributed by atoms with Gasteiger partial charge in [0.2, 0.25) is 5.91 Å². The van der Waals surface area contributed by atoms with E-state index in [9.17, 15) is 10.1 Å². The molecule has 0 bridgehead atoms. The maximum atomic E-state index is 12.1. The third-order valence-electron chi connectivity index (χ3n) is 3.17. The van der Waals surface area contributed by atoms with Gasteiger partial charge in [-0.1, -0.05) is 65.2 Å². The number of aryl methyl sites for hydroxylation is 1. The van der Waals surface area contributed by atoms with Gasteiger partial charge < -0.3 is 5.32 Å². The highest BCUT2D eigenvalue weighted by molar-refractivity contribution is 6.42. The summed E-state index contributed by atoms with van der Waals surface area (Å²) in [5.41, 5.74) is 2.47. The molecule has 0 aliphatic rings. The number of nitriles is 1. The van der Waals surface area contributed by atoms with Crippen molar-refractivity contribution in [2.24, 2.45) is 0 Å². The predicted octanol–water partition coefficient (Wildman–Crippen LogP) is 4.23. The van der Waals surface area contributed by atoms with Gasteiger partial charge in [-0.3, -0.25) is 4.79 Å². The van der Waals surface area contributed by atoms with E-state index in [1.54, 1.807) is 18.2 Å². The van der Waals surface area contributed by atoms with Crippen LogP contribution in [0.5, 0.6) is 0 Å². The molecular formula is C17H14Cl2N2O. The van der Waals surface area contributed by atoms with Gasteiger partial charge in [0.15, 0.2) is 0 Å². The fourth-order valence-electron chi connectivity index (χ4n) is 2.14. The largest absolute Gasteiger partial charge is 0.336 e. The number of nitrogens with zero attached hydrogens (tertiary/aromatic N) is 1. The van der Waals surface area contributed by atoms with Gasteiger partial charge in [0.25, 0.3) is 0 Å². The number of rotatable bonds is 4. The number of benzene rings is 2. The predicted molar refractivity (Wildman–Crippen MR) is 87.8 cm³/mol. The molecule has 2 aromatic rings. The number of carbonyl (C=O) groups excluding carboxylic acids is 1. The standard InChI is InChI=1S/C17H14Cl2N2O/c1-11-4-2-5-12(8-11)9-16(22)21-15(10-20)13-6-3-7-14(18)17(13)19/h2-8,15H,9H2,1H3,(H,21,22). The molecule has 112 valence electrons. The van der Waals surface area contributed by atoms with Crippen molar-refractivity contribution < 1.29 is 4.79 Å². The first-order valence-corrected chi connectivity index (χ1v) is 7.45. The van der Waals surface area contributed by atoms with Crippen molar-refractivity contribution in [1.82, 2.24) is 5.32 Å².